The van der Waals surface area contributed by atoms with Crippen molar-refractivity contribution in [1.29, 1.82) is 0 Å². The molecule has 6 nitrogen and oxygen atoms in total. The molecular formula is C19H19FN2O4. The molecule has 26 heavy (non-hydrogen) atoms. The van der Waals surface area contributed by atoms with E-state index < -0.39 is 28.3 Å². The average molecular weight is 358 g/mol. The number of carbonyl (C=O) groups excluding carboxylic acids is 1. The smallest absolute Gasteiger partial charge is 0.387 e. The highest BCUT2D eigenvalue weighted by atomic mass is 19.1. The van der Waals surface area contributed by atoms with Crippen molar-refractivity contribution in [2.24, 2.45) is 0 Å². The average Bonchev–Trinajstić information content (AvgIpc) is 2.62. The molecule has 0 radical (unpaired) electrons. The van der Waals surface area contributed by atoms with Crippen LogP contribution in [0.4, 0.5) is 10.1 Å². The fourth-order valence-corrected chi connectivity index (χ4v) is 3.67. The summed E-state index contributed by atoms with van der Waals surface area (Å²) >= 11 is 0. The van der Waals surface area contributed by atoms with E-state index in [4.69, 9.17) is 4.74 Å². The third-order valence-corrected chi connectivity index (χ3v) is 4.81. The van der Waals surface area contributed by atoms with E-state index in [1.165, 1.54) is 24.3 Å². The maximum atomic E-state index is 13.4. The topological polar surface area (TPSA) is 72.7 Å². The maximum absolute atomic E-state index is 13.4. The number of likely N-dealkylation sites (N-methyl/N-ethyl adjacent to an activating group) is 1. The molecule has 1 aliphatic heterocycles. The molecule has 0 N–H and O–H groups in total. The van der Waals surface area contributed by atoms with Crippen molar-refractivity contribution in [1.82, 2.24) is 0 Å². The second kappa shape index (κ2) is 6.74. The number of nitrogens with zero attached hydrogens (tertiary/aromatic N) is 2. The lowest BCUT2D eigenvalue weighted by atomic mass is 9.76. The van der Waals surface area contributed by atoms with Crippen molar-refractivity contribution in [3.05, 3.63) is 75.6 Å². The van der Waals surface area contributed by atoms with E-state index in [0.717, 1.165) is 5.69 Å². The SMILES string of the molecule is CCOC(=O)C1([N+](=O)[O-])Cc2ccccc2N(C)C1c1ccc(F)cc1. The van der Waals surface area contributed by atoms with Crippen molar-refractivity contribution in [2.75, 3.05) is 18.6 Å². The number of hydrogen-bond donors (Lipinski definition) is 0. The third-order valence-electron chi connectivity index (χ3n) is 4.81. The van der Waals surface area contributed by atoms with Crippen LogP contribution in [0.15, 0.2) is 48.5 Å². The number of nitro groups is 1. The Bertz CT molecular complexity index is 840. The fourth-order valence-electron chi connectivity index (χ4n) is 3.67. The summed E-state index contributed by atoms with van der Waals surface area (Å²) in [6, 6.07) is 11.7. The van der Waals surface area contributed by atoms with Crippen LogP contribution in [0, 0.1) is 15.9 Å². The van der Waals surface area contributed by atoms with Gasteiger partial charge in [-0.15, -0.1) is 0 Å². The number of carbonyl (C=O) groups is 1. The van der Waals surface area contributed by atoms with Gasteiger partial charge in [-0.2, -0.15) is 0 Å². The Morgan fingerprint density at radius 2 is 1.96 bits per heavy atom. The van der Waals surface area contributed by atoms with Gasteiger partial charge in [-0.05, 0) is 36.2 Å². The molecular weight excluding hydrogens is 339 g/mol. The fraction of sp³-hybridized carbons (Fsp3) is 0.316. The first-order valence-electron chi connectivity index (χ1n) is 8.29. The monoisotopic (exact) mass is 358 g/mol. The van der Waals surface area contributed by atoms with Crippen LogP contribution in [0.3, 0.4) is 0 Å². The maximum Gasteiger partial charge on any atom is 0.387 e. The Morgan fingerprint density at radius 1 is 1.31 bits per heavy atom. The zero-order chi connectivity index (χ0) is 18.9. The number of anilines is 1. The Hall–Kier alpha value is -2.96. The number of halogens is 1. The van der Waals surface area contributed by atoms with Gasteiger partial charge in [0.05, 0.1) is 13.0 Å². The van der Waals surface area contributed by atoms with Crippen LogP contribution in [0.2, 0.25) is 0 Å². The molecule has 2 atom stereocenters. The van der Waals surface area contributed by atoms with Crippen LogP contribution < -0.4 is 4.90 Å². The summed E-state index contributed by atoms with van der Waals surface area (Å²) in [6.45, 7) is 1.65. The Morgan fingerprint density at radius 3 is 2.58 bits per heavy atom. The van der Waals surface area contributed by atoms with E-state index in [1.54, 1.807) is 31.0 Å². The lowest BCUT2D eigenvalue weighted by Gasteiger charge is -2.43. The van der Waals surface area contributed by atoms with Crippen molar-refractivity contribution >= 4 is 11.7 Å². The zero-order valence-corrected chi connectivity index (χ0v) is 14.5. The second-order valence-corrected chi connectivity index (χ2v) is 6.27. The minimum absolute atomic E-state index is 0.0376. The summed E-state index contributed by atoms with van der Waals surface area (Å²) in [5.74, 6) is -1.34. The van der Waals surface area contributed by atoms with E-state index in [1.807, 2.05) is 12.1 Å². The lowest BCUT2D eigenvalue weighted by Crippen LogP contribution is -2.60. The van der Waals surface area contributed by atoms with Crippen molar-refractivity contribution in [3.63, 3.8) is 0 Å². The Labute approximate surface area is 150 Å². The molecule has 2 unspecified atom stereocenters. The highest BCUT2D eigenvalue weighted by Gasteiger charge is 2.63. The number of rotatable bonds is 4. The molecule has 136 valence electrons. The Balaban J connectivity index is 2.25. The molecule has 1 aliphatic rings. The number of esters is 1. The van der Waals surface area contributed by atoms with Crippen LogP contribution in [0.5, 0.6) is 0 Å². The molecule has 2 aromatic rings. The molecule has 0 spiro atoms. The summed E-state index contributed by atoms with van der Waals surface area (Å²) in [4.78, 5) is 26.1. The first kappa shape index (κ1) is 17.8. The summed E-state index contributed by atoms with van der Waals surface area (Å²) in [7, 11) is 1.70. The standard InChI is InChI=1S/C19H19FN2O4/c1-3-26-18(23)19(22(24)25)12-14-6-4-5-7-16(14)21(2)17(19)13-8-10-15(20)11-9-13/h4-11,17H,3,12H2,1-2H3. The number of benzene rings is 2. The molecule has 0 bridgehead atoms. The summed E-state index contributed by atoms with van der Waals surface area (Å²) in [5.41, 5.74) is -0.0495. The van der Waals surface area contributed by atoms with Crippen LogP contribution >= 0.6 is 0 Å². The van der Waals surface area contributed by atoms with Gasteiger partial charge >= 0.3 is 11.5 Å². The molecule has 3 rings (SSSR count). The minimum atomic E-state index is -2.02. The van der Waals surface area contributed by atoms with E-state index in [2.05, 4.69) is 0 Å². The van der Waals surface area contributed by atoms with Gasteiger partial charge in [0.15, 0.2) is 0 Å². The first-order valence-corrected chi connectivity index (χ1v) is 8.29. The van der Waals surface area contributed by atoms with Gasteiger partial charge in [-0.25, -0.2) is 9.18 Å². The normalized spacial score (nSPS) is 21.8. The zero-order valence-electron chi connectivity index (χ0n) is 14.5. The molecule has 0 fully saturated rings. The predicted molar refractivity (Wildman–Crippen MR) is 94.0 cm³/mol. The predicted octanol–water partition coefficient (Wildman–Crippen LogP) is 3.14. The number of ether oxygens (including phenoxy) is 1. The molecule has 7 heteroatoms. The van der Waals surface area contributed by atoms with Gasteiger partial charge in [-0.1, -0.05) is 30.3 Å². The number of fused-ring (bicyclic) bond motifs is 1. The molecule has 1 heterocycles. The van der Waals surface area contributed by atoms with Gasteiger partial charge < -0.3 is 9.64 Å². The van der Waals surface area contributed by atoms with Crippen LogP contribution in [0.1, 0.15) is 24.1 Å². The second-order valence-electron chi connectivity index (χ2n) is 6.27. The highest BCUT2D eigenvalue weighted by Crippen LogP contribution is 2.45. The lowest BCUT2D eigenvalue weighted by molar-refractivity contribution is -0.560. The quantitative estimate of drug-likeness (QED) is 0.477. The van der Waals surface area contributed by atoms with Gasteiger partial charge in [0.1, 0.15) is 11.9 Å². The van der Waals surface area contributed by atoms with Gasteiger partial charge in [0.25, 0.3) is 0 Å². The van der Waals surface area contributed by atoms with E-state index in [0.29, 0.717) is 11.1 Å². The van der Waals surface area contributed by atoms with Crippen molar-refractivity contribution < 1.29 is 18.8 Å². The van der Waals surface area contributed by atoms with Gasteiger partial charge in [-0.3, -0.25) is 10.1 Å². The van der Waals surface area contributed by atoms with Crippen LogP contribution in [-0.2, 0) is 16.0 Å². The van der Waals surface area contributed by atoms with Gasteiger partial charge in [0.2, 0.25) is 0 Å². The molecule has 0 aliphatic carbocycles. The summed E-state index contributed by atoms with van der Waals surface area (Å²) in [5, 5.41) is 12.2. The highest BCUT2D eigenvalue weighted by molar-refractivity contribution is 5.84. The number of hydrogen-bond acceptors (Lipinski definition) is 5. The summed E-state index contributed by atoms with van der Waals surface area (Å²) < 4.78 is 18.5. The van der Waals surface area contributed by atoms with Crippen LogP contribution in [0.25, 0.3) is 0 Å². The molecule has 0 saturated heterocycles. The van der Waals surface area contributed by atoms with E-state index in [9.17, 15) is 19.3 Å². The largest absolute Gasteiger partial charge is 0.461 e. The first-order chi connectivity index (χ1) is 12.4. The summed E-state index contributed by atoms with van der Waals surface area (Å²) in [6.07, 6.45) is -0.0958. The van der Waals surface area contributed by atoms with Crippen LogP contribution in [-0.4, -0.2) is 30.1 Å². The molecule has 0 saturated carbocycles. The van der Waals surface area contributed by atoms with Crippen molar-refractivity contribution in [3.8, 4) is 0 Å². The van der Waals surface area contributed by atoms with Crippen molar-refractivity contribution in [2.45, 2.75) is 24.9 Å². The molecule has 0 amide bonds. The number of para-hydroxylation sites is 1. The minimum Gasteiger partial charge on any atom is -0.461 e. The van der Waals surface area contributed by atoms with Gasteiger partial charge in [0, 0.05) is 17.7 Å². The Kier molecular flexibility index (Phi) is 4.63. The molecule has 2 aromatic carbocycles. The third kappa shape index (κ3) is 2.69. The molecule has 0 aromatic heterocycles. The van der Waals surface area contributed by atoms with E-state index in [-0.39, 0.29) is 13.0 Å². The van der Waals surface area contributed by atoms with E-state index >= 15 is 0 Å².